The highest BCUT2D eigenvalue weighted by Gasteiger charge is 2.55. The fourth-order valence-electron chi connectivity index (χ4n) is 8.91. The number of nitro groups is 1. The van der Waals surface area contributed by atoms with E-state index in [1.54, 1.807) is 12.1 Å². The maximum atomic E-state index is 11.3. The minimum atomic E-state index is -0.350. The van der Waals surface area contributed by atoms with E-state index < -0.39 is 0 Å². The van der Waals surface area contributed by atoms with Crippen LogP contribution in [0.5, 0.6) is 0 Å². The van der Waals surface area contributed by atoms with Crippen LogP contribution in [-0.2, 0) is 17.9 Å². The van der Waals surface area contributed by atoms with E-state index in [-0.39, 0.29) is 22.8 Å². The van der Waals surface area contributed by atoms with Gasteiger partial charge in [-0.25, -0.2) is 0 Å². The number of hydrogen-bond donors (Lipinski definition) is 0. The van der Waals surface area contributed by atoms with Gasteiger partial charge in [0, 0.05) is 48.0 Å². The van der Waals surface area contributed by atoms with Crippen LogP contribution in [0.25, 0.3) is 32.4 Å². The van der Waals surface area contributed by atoms with Crippen molar-refractivity contribution >= 4 is 38.1 Å². The summed E-state index contributed by atoms with van der Waals surface area (Å²) in [6.45, 7) is 5.98. The maximum Gasteiger partial charge on any atom is 0.269 e. The molecule has 6 heteroatoms. The summed E-state index contributed by atoms with van der Waals surface area (Å²) in [7, 11) is 0. The zero-order chi connectivity index (χ0) is 32.0. The van der Waals surface area contributed by atoms with Gasteiger partial charge in [-0.05, 0) is 75.3 Å². The number of rotatable bonds is 9. The second-order valence-electron chi connectivity index (χ2n) is 13.7. The van der Waals surface area contributed by atoms with Crippen molar-refractivity contribution in [1.29, 1.82) is 0 Å². The standard InChI is InChI=1S/C41H40N3O3/c1-2-29-25-44(26-38-34-11-5-3-9-31(34)23-32-10-4-6-12-35(32)38)22-20-30(29)24-40(44)41(37-19-21-42-39-14-8-7-13-36(37)39)47-27-28-15-17-33(18-16-28)43(45)46/h3-19,21,23,29-30,40-41H,2,20,22,24-27H2,1H3/q+1/t29-,30-,40+,41+,44-/m0/s1. The quantitative estimate of drug-likeness (QED) is 0.0697. The molecule has 4 heterocycles. The van der Waals surface area contributed by atoms with Gasteiger partial charge >= 0.3 is 0 Å². The van der Waals surface area contributed by atoms with Crippen LogP contribution >= 0.6 is 0 Å². The highest BCUT2D eigenvalue weighted by molar-refractivity contribution is 6.02. The molecule has 2 bridgehead atoms. The number of fused-ring (bicyclic) bond motifs is 6. The Morgan fingerprint density at radius 3 is 2.28 bits per heavy atom. The molecule has 3 aliphatic heterocycles. The smallest absolute Gasteiger partial charge is 0.269 e. The molecule has 9 rings (SSSR count). The molecule has 0 aliphatic carbocycles. The summed E-state index contributed by atoms with van der Waals surface area (Å²) in [6, 6.07) is 37.7. The van der Waals surface area contributed by atoms with Crippen LogP contribution in [0.1, 0.15) is 49.0 Å². The number of quaternary nitrogens is 1. The molecule has 0 N–H and O–H groups in total. The third-order valence-corrected chi connectivity index (χ3v) is 11.3. The van der Waals surface area contributed by atoms with Crippen LogP contribution in [0, 0.1) is 22.0 Å². The zero-order valence-corrected chi connectivity index (χ0v) is 26.8. The van der Waals surface area contributed by atoms with Gasteiger partial charge in [0.15, 0.2) is 0 Å². The molecule has 6 aromatic rings. The van der Waals surface area contributed by atoms with Gasteiger partial charge in [-0.15, -0.1) is 0 Å². The van der Waals surface area contributed by atoms with Gasteiger partial charge in [0.25, 0.3) is 5.69 Å². The van der Waals surface area contributed by atoms with Gasteiger partial charge in [0.05, 0.1) is 30.1 Å². The van der Waals surface area contributed by atoms with E-state index in [4.69, 9.17) is 9.72 Å². The summed E-state index contributed by atoms with van der Waals surface area (Å²) in [6.07, 6.45) is 5.31. The molecule has 3 aliphatic rings. The van der Waals surface area contributed by atoms with Crippen LogP contribution in [0.4, 0.5) is 5.69 Å². The van der Waals surface area contributed by atoms with Crippen molar-refractivity contribution < 1.29 is 14.1 Å². The first-order valence-corrected chi connectivity index (χ1v) is 17.0. The maximum absolute atomic E-state index is 11.3. The molecule has 0 unspecified atom stereocenters. The SMILES string of the molecule is CC[C@H]1C[N@+]2(Cc3c4ccccc4cc4ccccc34)CC[C@H]1C[C@@H]2[C@H](OCc1ccc([N+](=O)[O-])cc1)c1ccnc2ccccc12. The average Bonchev–Trinajstić information content (AvgIpc) is 3.12. The topological polar surface area (TPSA) is 65.3 Å². The Hall–Kier alpha value is -4.65. The second kappa shape index (κ2) is 12.2. The third-order valence-electron chi connectivity index (χ3n) is 11.3. The Balaban J connectivity index is 1.27. The Bertz CT molecular complexity index is 2040. The van der Waals surface area contributed by atoms with E-state index in [1.165, 1.54) is 45.5 Å². The molecular formula is C41H40N3O3+. The van der Waals surface area contributed by atoms with Crippen molar-refractivity contribution in [1.82, 2.24) is 4.98 Å². The number of piperidine rings is 3. The molecule has 1 aromatic heterocycles. The minimum absolute atomic E-state index is 0.0959. The minimum Gasteiger partial charge on any atom is -0.363 e. The lowest BCUT2D eigenvalue weighted by molar-refractivity contribution is -0.985. The fourth-order valence-corrected chi connectivity index (χ4v) is 8.91. The lowest BCUT2D eigenvalue weighted by Crippen LogP contribution is -2.67. The molecular weight excluding hydrogens is 582 g/mol. The highest BCUT2D eigenvalue weighted by Crippen LogP contribution is 2.50. The van der Waals surface area contributed by atoms with Crippen molar-refractivity contribution in [3.8, 4) is 0 Å². The molecule has 3 fully saturated rings. The highest BCUT2D eigenvalue weighted by atomic mass is 16.6. The molecule has 0 saturated carbocycles. The number of aromatic nitrogens is 1. The Morgan fingerprint density at radius 1 is 0.894 bits per heavy atom. The lowest BCUT2D eigenvalue weighted by Gasteiger charge is -2.59. The van der Waals surface area contributed by atoms with Gasteiger partial charge in [-0.2, -0.15) is 0 Å². The predicted molar refractivity (Wildman–Crippen MR) is 188 cm³/mol. The largest absolute Gasteiger partial charge is 0.363 e. The van der Waals surface area contributed by atoms with E-state index in [1.807, 2.05) is 24.4 Å². The van der Waals surface area contributed by atoms with E-state index >= 15 is 0 Å². The molecule has 5 atom stereocenters. The summed E-state index contributed by atoms with van der Waals surface area (Å²) in [5.41, 5.74) is 4.63. The number of ether oxygens (including phenoxy) is 1. The van der Waals surface area contributed by atoms with Gasteiger partial charge < -0.3 is 9.22 Å². The number of hydrogen-bond acceptors (Lipinski definition) is 4. The number of non-ortho nitro benzene ring substituents is 1. The lowest BCUT2D eigenvalue weighted by atomic mass is 9.70. The summed E-state index contributed by atoms with van der Waals surface area (Å²) >= 11 is 0. The van der Waals surface area contributed by atoms with Crippen molar-refractivity contribution in [3.63, 3.8) is 0 Å². The first-order chi connectivity index (χ1) is 23.0. The summed E-state index contributed by atoms with van der Waals surface area (Å²) < 4.78 is 8.10. The number of nitro benzene ring substituents is 1. The first kappa shape index (κ1) is 29.7. The van der Waals surface area contributed by atoms with E-state index in [0.29, 0.717) is 18.4 Å². The molecule has 5 aromatic carbocycles. The van der Waals surface area contributed by atoms with Crippen molar-refractivity contribution in [2.45, 2.75) is 51.5 Å². The molecule has 47 heavy (non-hydrogen) atoms. The van der Waals surface area contributed by atoms with Crippen molar-refractivity contribution in [2.24, 2.45) is 11.8 Å². The Labute approximate surface area is 275 Å². The van der Waals surface area contributed by atoms with Gasteiger partial charge in [0.1, 0.15) is 18.7 Å². The number of benzene rings is 5. The molecule has 0 amide bonds. The average molecular weight is 623 g/mol. The fraction of sp³-hybridized carbons (Fsp3) is 0.293. The number of nitrogens with zero attached hydrogens (tertiary/aromatic N) is 3. The molecule has 0 radical (unpaired) electrons. The molecule has 3 saturated heterocycles. The predicted octanol–water partition coefficient (Wildman–Crippen LogP) is 9.54. The molecule has 6 nitrogen and oxygen atoms in total. The Kier molecular flexibility index (Phi) is 7.70. The van der Waals surface area contributed by atoms with E-state index in [9.17, 15) is 10.1 Å². The van der Waals surface area contributed by atoms with Crippen molar-refractivity contribution in [2.75, 3.05) is 13.1 Å². The van der Waals surface area contributed by atoms with Crippen LogP contribution in [0.3, 0.4) is 0 Å². The van der Waals surface area contributed by atoms with E-state index in [0.717, 1.165) is 47.0 Å². The van der Waals surface area contributed by atoms with Crippen LogP contribution in [0.2, 0.25) is 0 Å². The summed E-state index contributed by atoms with van der Waals surface area (Å²) in [5.74, 6) is 1.36. The van der Waals surface area contributed by atoms with E-state index in [2.05, 4.69) is 85.8 Å². The second-order valence-corrected chi connectivity index (χ2v) is 13.7. The van der Waals surface area contributed by atoms with Crippen molar-refractivity contribution in [3.05, 3.63) is 142 Å². The normalized spacial score (nSPS) is 23.0. The number of pyridine rings is 1. The van der Waals surface area contributed by atoms with Crippen LogP contribution < -0.4 is 0 Å². The van der Waals surface area contributed by atoms with Crippen LogP contribution in [0.15, 0.2) is 115 Å². The van der Waals surface area contributed by atoms with Gasteiger partial charge in [-0.3, -0.25) is 15.1 Å². The molecule has 0 spiro atoms. The zero-order valence-electron chi connectivity index (χ0n) is 26.8. The summed E-state index contributed by atoms with van der Waals surface area (Å²) in [5, 5.41) is 17.7. The third kappa shape index (κ3) is 5.35. The van der Waals surface area contributed by atoms with Gasteiger partial charge in [0.2, 0.25) is 0 Å². The first-order valence-electron chi connectivity index (χ1n) is 17.0. The monoisotopic (exact) mass is 622 g/mol. The van der Waals surface area contributed by atoms with Gasteiger partial charge in [-0.1, -0.05) is 73.7 Å². The van der Waals surface area contributed by atoms with Crippen LogP contribution in [-0.4, -0.2) is 33.5 Å². The number of para-hydroxylation sites is 1. The molecule has 236 valence electrons. The Morgan fingerprint density at radius 2 is 1.57 bits per heavy atom. The summed E-state index contributed by atoms with van der Waals surface area (Å²) in [4.78, 5) is 15.7.